The molecular weight excluding hydrogens is 380 g/mol. The fourth-order valence-corrected chi connectivity index (χ4v) is 3.79. The fraction of sp³-hybridized carbons (Fsp3) is 0.478. The first-order chi connectivity index (χ1) is 14.4. The van der Waals surface area contributed by atoms with Crippen LogP contribution in [-0.4, -0.2) is 53.4 Å². The SMILES string of the molecule is CCCNC(=O)Cc1c(C)nc([C@H]2CCN(C(=O)c3cccc(OC)c3)C2)nc1C. The van der Waals surface area contributed by atoms with E-state index in [0.29, 0.717) is 37.4 Å². The molecule has 0 bridgehead atoms. The van der Waals surface area contributed by atoms with Gasteiger partial charge in [-0.2, -0.15) is 0 Å². The second kappa shape index (κ2) is 9.69. The number of carbonyl (C=O) groups excluding carboxylic acids is 2. The first-order valence-corrected chi connectivity index (χ1v) is 10.5. The minimum Gasteiger partial charge on any atom is -0.497 e. The van der Waals surface area contributed by atoms with Gasteiger partial charge in [0.2, 0.25) is 5.91 Å². The van der Waals surface area contributed by atoms with Crippen molar-refractivity contribution in [1.29, 1.82) is 0 Å². The maximum Gasteiger partial charge on any atom is 0.254 e. The molecule has 1 aromatic carbocycles. The van der Waals surface area contributed by atoms with Crippen LogP contribution in [0.4, 0.5) is 0 Å². The smallest absolute Gasteiger partial charge is 0.254 e. The fourth-order valence-electron chi connectivity index (χ4n) is 3.79. The summed E-state index contributed by atoms with van der Waals surface area (Å²) in [6.45, 7) is 7.81. The Kier molecular flexibility index (Phi) is 7.03. The van der Waals surface area contributed by atoms with Crippen molar-refractivity contribution in [2.24, 2.45) is 0 Å². The zero-order chi connectivity index (χ0) is 21.7. The van der Waals surface area contributed by atoms with Gasteiger partial charge in [-0.05, 0) is 44.9 Å². The number of nitrogens with zero attached hydrogens (tertiary/aromatic N) is 3. The number of ether oxygens (including phenoxy) is 1. The Morgan fingerprint density at radius 3 is 2.63 bits per heavy atom. The second-order valence-corrected chi connectivity index (χ2v) is 7.73. The largest absolute Gasteiger partial charge is 0.497 e. The van der Waals surface area contributed by atoms with E-state index in [1.54, 1.807) is 19.2 Å². The topological polar surface area (TPSA) is 84.4 Å². The van der Waals surface area contributed by atoms with E-state index in [1.165, 1.54) is 0 Å². The van der Waals surface area contributed by atoms with Gasteiger partial charge in [0.15, 0.2) is 0 Å². The molecule has 1 fully saturated rings. The molecule has 0 radical (unpaired) electrons. The van der Waals surface area contributed by atoms with Crippen molar-refractivity contribution < 1.29 is 14.3 Å². The van der Waals surface area contributed by atoms with E-state index >= 15 is 0 Å². The van der Waals surface area contributed by atoms with E-state index in [4.69, 9.17) is 14.7 Å². The van der Waals surface area contributed by atoms with Gasteiger partial charge in [0.25, 0.3) is 5.91 Å². The van der Waals surface area contributed by atoms with Gasteiger partial charge in [-0.15, -0.1) is 0 Å². The summed E-state index contributed by atoms with van der Waals surface area (Å²) in [6.07, 6.45) is 2.03. The van der Waals surface area contributed by atoms with Gasteiger partial charge in [0.05, 0.1) is 13.5 Å². The van der Waals surface area contributed by atoms with Gasteiger partial charge < -0.3 is 15.0 Å². The Morgan fingerprint density at radius 2 is 1.97 bits per heavy atom. The van der Waals surface area contributed by atoms with Crippen LogP contribution in [-0.2, 0) is 11.2 Å². The van der Waals surface area contributed by atoms with Gasteiger partial charge in [-0.25, -0.2) is 9.97 Å². The number of methoxy groups -OCH3 is 1. The molecule has 0 saturated carbocycles. The number of nitrogens with one attached hydrogen (secondary N) is 1. The number of benzene rings is 1. The van der Waals surface area contributed by atoms with E-state index in [9.17, 15) is 9.59 Å². The summed E-state index contributed by atoms with van der Waals surface area (Å²) in [7, 11) is 1.59. The molecule has 30 heavy (non-hydrogen) atoms. The van der Waals surface area contributed by atoms with Crippen molar-refractivity contribution in [3.05, 3.63) is 52.6 Å². The monoisotopic (exact) mass is 410 g/mol. The summed E-state index contributed by atoms with van der Waals surface area (Å²) in [5.41, 5.74) is 3.18. The number of likely N-dealkylation sites (tertiary alicyclic amines) is 1. The molecule has 1 aliphatic rings. The quantitative estimate of drug-likeness (QED) is 0.759. The van der Waals surface area contributed by atoms with E-state index in [1.807, 2.05) is 37.8 Å². The molecule has 2 aromatic rings. The average molecular weight is 411 g/mol. The van der Waals surface area contributed by atoms with E-state index < -0.39 is 0 Å². The Balaban J connectivity index is 1.70. The number of carbonyl (C=O) groups is 2. The van der Waals surface area contributed by atoms with Gasteiger partial charge in [0, 0.05) is 48.1 Å². The van der Waals surface area contributed by atoms with Crippen molar-refractivity contribution >= 4 is 11.8 Å². The average Bonchev–Trinajstić information content (AvgIpc) is 3.24. The Morgan fingerprint density at radius 1 is 1.23 bits per heavy atom. The molecule has 1 N–H and O–H groups in total. The molecule has 2 amide bonds. The van der Waals surface area contributed by atoms with Crippen molar-refractivity contribution in [2.45, 2.75) is 46.0 Å². The highest BCUT2D eigenvalue weighted by Gasteiger charge is 2.30. The highest BCUT2D eigenvalue weighted by Crippen LogP contribution is 2.28. The van der Waals surface area contributed by atoms with Crippen LogP contribution in [0.15, 0.2) is 24.3 Å². The molecule has 1 aromatic heterocycles. The van der Waals surface area contributed by atoms with Crippen molar-refractivity contribution in [3.8, 4) is 5.75 Å². The molecule has 0 spiro atoms. The molecule has 2 heterocycles. The molecule has 1 atom stereocenters. The van der Waals surface area contributed by atoms with Gasteiger partial charge >= 0.3 is 0 Å². The molecular formula is C23H30N4O3. The maximum atomic E-state index is 12.9. The maximum absolute atomic E-state index is 12.9. The Bertz CT molecular complexity index is 905. The van der Waals surface area contributed by atoms with Crippen LogP contribution in [0.1, 0.15) is 58.8 Å². The number of aromatic nitrogens is 2. The normalized spacial score (nSPS) is 15.9. The lowest BCUT2D eigenvalue weighted by atomic mass is 10.0. The molecule has 7 nitrogen and oxygen atoms in total. The Hall–Kier alpha value is -2.96. The lowest BCUT2D eigenvalue weighted by Crippen LogP contribution is -2.29. The summed E-state index contributed by atoms with van der Waals surface area (Å²) < 4.78 is 5.23. The first kappa shape index (κ1) is 21.7. The lowest BCUT2D eigenvalue weighted by molar-refractivity contribution is -0.120. The zero-order valence-electron chi connectivity index (χ0n) is 18.2. The predicted molar refractivity (Wildman–Crippen MR) is 115 cm³/mol. The standard InChI is InChI=1S/C23H30N4O3/c1-5-10-24-21(28)13-20-15(2)25-22(26-16(20)3)18-9-11-27(14-18)23(29)17-7-6-8-19(12-17)30-4/h6-8,12,18H,5,9-11,13-14H2,1-4H3,(H,24,28)/t18-/m0/s1. The van der Waals surface area contributed by atoms with E-state index in [0.717, 1.165) is 35.6 Å². The second-order valence-electron chi connectivity index (χ2n) is 7.73. The van der Waals surface area contributed by atoms with Gasteiger partial charge in [-0.1, -0.05) is 13.0 Å². The number of aryl methyl sites for hydroxylation is 2. The Labute approximate surface area is 177 Å². The molecule has 0 unspecified atom stereocenters. The zero-order valence-corrected chi connectivity index (χ0v) is 18.2. The van der Waals surface area contributed by atoms with Crippen LogP contribution in [0.5, 0.6) is 5.75 Å². The van der Waals surface area contributed by atoms with Crippen LogP contribution in [0.3, 0.4) is 0 Å². The van der Waals surface area contributed by atoms with Crippen LogP contribution in [0.2, 0.25) is 0 Å². The molecule has 160 valence electrons. The molecule has 3 rings (SSSR count). The highest BCUT2D eigenvalue weighted by molar-refractivity contribution is 5.94. The summed E-state index contributed by atoms with van der Waals surface area (Å²) in [5, 5.41) is 2.90. The van der Waals surface area contributed by atoms with Gasteiger partial charge in [-0.3, -0.25) is 9.59 Å². The summed E-state index contributed by atoms with van der Waals surface area (Å²) in [5.74, 6) is 1.51. The highest BCUT2D eigenvalue weighted by atomic mass is 16.5. The van der Waals surface area contributed by atoms with Crippen molar-refractivity contribution in [2.75, 3.05) is 26.7 Å². The number of amides is 2. The van der Waals surface area contributed by atoms with E-state index in [2.05, 4.69) is 5.32 Å². The van der Waals surface area contributed by atoms with Crippen molar-refractivity contribution in [3.63, 3.8) is 0 Å². The molecule has 7 heteroatoms. The first-order valence-electron chi connectivity index (χ1n) is 10.5. The lowest BCUT2D eigenvalue weighted by Gasteiger charge is -2.17. The summed E-state index contributed by atoms with van der Waals surface area (Å²) in [4.78, 5) is 36.2. The summed E-state index contributed by atoms with van der Waals surface area (Å²) in [6, 6.07) is 7.22. The number of hydrogen-bond acceptors (Lipinski definition) is 5. The van der Waals surface area contributed by atoms with Gasteiger partial charge in [0.1, 0.15) is 11.6 Å². The summed E-state index contributed by atoms with van der Waals surface area (Å²) >= 11 is 0. The third-order valence-electron chi connectivity index (χ3n) is 5.50. The van der Waals surface area contributed by atoms with Crippen LogP contribution in [0.25, 0.3) is 0 Å². The van der Waals surface area contributed by atoms with Crippen LogP contribution >= 0.6 is 0 Å². The number of hydrogen-bond donors (Lipinski definition) is 1. The molecule has 1 saturated heterocycles. The third kappa shape index (κ3) is 4.96. The predicted octanol–water partition coefficient (Wildman–Crippen LogP) is 2.80. The molecule has 0 aliphatic carbocycles. The number of rotatable bonds is 7. The minimum absolute atomic E-state index is 0.00433. The minimum atomic E-state index is -0.00550. The van der Waals surface area contributed by atoms with Crippen molar-refractivity contribution in [1.82, 2.24) is 20.2 Å². The van der Waals surface area contributed by atoms with E-state index in [-0.39, 0.29) is 17.7 Å². The van der Waals surface area contributed by atoms with Crippen LogP contribution in [0, 0.1) is 13.8 Å². The van der Waals surface area contributed by atoms with Crippen LogP contribution < -0.4 is 10.1 Å². The third-order valence-corrected chi connectivity index (χ3v) is 5.50. The molecule has 1 aliphatic heterocycles.